The van der Waals surface area contributed by atoms with Crippen molar-refractivity contribution in [1.29, 1.82) is 0 Å². The fourth-order valence-electron chi connectivity index (χ4n) is 1.71. The molecule has 7 heteroatoms. The second-order valence-corrected chi connectivity index (χ2v) is 4.68. The topological polar surface area (TPSA) is 91.6 Å². The summed E-state index contributed by atoms with van der Waals surface area (Å²) in [6, 6.07) is 7.26. The van der Waals surface area contributed by atoms with Crippen molar-refractivity contribution in [3.8, 4) is 0 Å². The van der Waals surface area contributed by atoms with Gasteiger partial charge in [0.1, 0.15) is 5.76 Å². The van der Waals surface area contributed by atoms with E-state index in [9.17, 15) is 9.59 Å². The smallest absolute Gasteiger partial charge is 0.335 e. The highest BCUT2D eigenvalue weighted by Gasteiger charge is 2.08. The molecule has 0 unspecified atom stereocenters. The Morgan fingerprint density at radius 2 is 2.10 bits per heavy atom. The number of carbonyl (C=O) groups is 2. The van der Waals surface area contributed by atoms with Gasteiger partial charge >= 0.3 is 12.0 Å². The first-order valence-electron chi connectivity index (χ1n) is 6.16. The van der Waals surface area contributed by atoms with Gasteiger partial charge in [-0.25, -0.2) is 9.59 Å². The van der Waals surface area contributed by atoms with Crippen LogP contribution in [0.3, 0.4) is 0 Å². The molecule has 0 aliphatic carbocycles. The number of urea groups is 1. The molecule has 0 aliphatic heterocycles. The number of carboxylic acids is 1. The van der Waals surface area contributed by atoms with Crippen LogP contribution in [-0.4, -0.2) is 23.7 Å². The van der Waals surface area contributed by atoms with Crippen molar-refractivity contribution in [3.05, 3.63) is 52.9 Å². The summed E-state index contributed by atoms with van der Waals surface area (Å²) in [5.74, 6) is -0.343. The number of amides is 2. The Bertz CT molecular complexity index is 640. The highest BCUT2D eigenvalue weighted by atomic mass is 35.5. The number of rotatable bonds is 5. The molecule has 0 aliphatic rings. The minimum atomic E-state index is -1.11. The molecule has 0 radical (unpaired) electrons. The van der Waals surface area contributed by atoms with Crippen LogP contribution < -0.4 is 10.6 Å². The van der Waals surface area contributed by atoms with Crippen LogP contribution >= 0.6 is 11.6 Å². The Balaban J connectivity index is 1.88. The van der Waals surface area contributed by atoms with E-state index in [0.717, 1.165) is 5.76 Å². The molecular weight excluding hydrogens is 296 g/mol. The number of benzene rings is 1. The Labute approximate surface area is 125 Å². The molecule has 0 atom stereocenters. The Hall–Kier alpha value is -2.47. The third-order valence-corrected chi connectivity index (χ3v) is 2.86. The maximum atomic E-state index is 11.7. The lowest BCUT2D eigenvalue weighted by Crippen LogP contribution is -2.30. The molecule has 110 valence electrons. The number of hydrogen-bond acceptors (Lipinski definition) is 3. The normalized spacial score (nSPS) is 10.1. The minimum absolute atomic E-state index is 0.00776. The molecule has 2 rings (SSSR count). The maximum absolute atomic E-state index is 11.7. The molecule has 2 amide bonds. The van der Waals surface area contributed by atoms with Crippen molar-refractivity contribution in [2.24, 2.45) is 0 Å². The fraction of sp³-hybridized carbons (Fsp3) is 0.143. The van der Waals surface area contributed by atoms with Crippen LogP contribution in [-0.2, 0) is 6.42 Å². The SMILES string of the molecule is O=C(NCCc1ccco1)Nc1cc(Cl)cc(C(=O)O)c1. The molecule has 21 heavy (non-hydrogen) atoms. The van der Waals surface area contributed by atoms with E-state index in [4.69, 9.17) is 21.1 Å². The van der Waals surface area contributed by atoms with Crippen molar-refractivity contribution in [1.82, 2.24) is 5.32 Å². The summed E-state index contributed by atoms with van der Waals surface area (Å²) < 4.78 is 5.14. The number of carbonyl (C=O) groups excluding carboxylic acids is 1. The van der Waals surface area contributed by atoms with Gasteiger partial charge in [0.05, 0.1) is 11.8 Å². The third-order valence-electron chi connectivity index (χ3n) is 2.64. The standard InChI is InChI=1S/C14H13ClN2O4/c15-10-6-9(13(18)19)7-11(8-10)17-14(20)16-4-3-12-2-1-5-21-12/h1-2,5-8H,3-4H2,(H,18,19)(H2,16,17,20). The van der Waals surface area contributed by atoms with Gasteiger partial charge in [0, 0.05) is 23.7 Å². The molecule has 6 nitrogen and oxygen atoms in total. The van der Waals surface area contributed by atoms with Gasteiger partial charge < -0.3 is 20.2 Å². The number of hydrogen-bond donors (Lipinski definition) is 3. The van der Waals surface area contributed by atoms with Crippen LogP contribution in [0.2, 0.25) is 5.02 Å². The first-order chi connectivity index (χ1) is 10.0. The van der Waals surface area contributed by atoms with E-state index < -0.39 is 12.0 Å². The van der Waals surface area contributed by atoms with Crippen molar-refractivity contribution >= 4 is 29.3 Å². The van der Waals surface area contributed by atoms with E-state index in [1.165, 1.54) is 18.2 Å². The summed E-state index contributed by atoms with van der Waals surface area (Å²) in [4.78, 5) is 22.6. The van der Waals surface area contributed by atoms with Gasteiger partial charge in [-0.05, 0) is 30.3 Å². The number of nitrogens with one attached hydrogen (secondary N) is 2. The molecule has 0 spiro atoms. The van der Waals surface area contributed by atoms with Crippen molar-refractivity contribution < 1.29 is 19.1 Å². The lowest BCUT2D eigenvalue weighted by atomic mass is 10.2. The lowest BCUT2D eigenvalue weighted by Gasteiger charge is -2.08. The number of carboxylic acid groups (broad SMARTS) is 1. The van der Waals surface area contributed by atoms with Gasteiger partial charge in [-0.15, -0.1) is 0 Å². The van der Waals surface area contributed by atoms with E-state index in [-0.39, 0.29) is 10.6 Å². The van der Waals surface area contributed by atoms with Gasteiger partial charge in [-0.1, -0.05) is 11.6 Å². The zero-order valence-corrected chi connectivity index (χ0v) is 11.7. The van der Waals surface area contributed by atoms with Gasteiger partial charge in [0.2, 0.25) is 0 Å². The molecule has 0 saturated carbocycles. The Morgan fingerprint density at radius 3 is 2.76 bits per heavy atom. The van der Waals surface area contributed by atoms with Gasteiger partial charge in [-0.3, -0.25) is 0 Å². The van der Waals surface area contributed by atoms with E-state index in [1.54, 1.807) is 12.3 Å². The number of furan rings is 1. The largest absolute Gasteiger partial charge is 0.478 e. The zero-order valence-electron chi connectivity index (χ0n) is 10.9. The van der Waals surface area contributed by atoms with Gasteiger partial charge in [-0.2, -0.15) is 0 Å². The van der Waals surface area contributed by atoms with Crippen LogP contribution in [0.5, 0.6) is 0 Å². The average molecular weight is 309 g/mol. The minimum Gasteiger partial charge on any atom is -0.478 e. The molecule has 1 heterocycles. The first-order valence-corrected chi connectivity index (χ1v) is 6.53. The molecule has 2 aromatic rings. The molecule has 3 N–H and O–H groups in total. The summed E-state index contributed by atoms with van der Waals surface area (Å²) >= 11 is 5.80. The van der Waals surface area contributed by atoms with Crippen LogP contribution in [0.4, 0.5) is 10.5 Å². The number of halogens is 1. The molecule has 1 aromatic heterocycles. The summed E-state index contributed by atoms with van der Waals surface area (Å²) in [5.41, 5.74) is 0.323. The summed E-state index contributed by atoms with van der Waals surface area (Å²) in [6.45, 7) is 0.395. The summed E-state index contributed by atoms with van der Waals surface area (Å²) in [6.07, 6.45) is 2.13. The highest BCUT2D eigenvalue weighted by molar-refractivity contribution is 6.31. The third kappa shape index (κ3) is 4.54. The van der Waals surface area contributed by atoms with Crippen molar-refractivity contribution in [2.45, 2.75) is 6.42 Å². The molecule has 0 bridgehead atoms. The second kappa shape index (κ2) is 6.81. The molecule has 0 fully saturated rings. The zero-order chi connectivity index (χ0) is 15.2. The maximum Gasteiger partial charge on any atom is 0.335 e. The Kier molecular flexibility index (Phi) is 4.84. The van der Waals surface area contributed by atoms with Crippen molar-refractivity contribution in [2.75, 3.05) is 11.9 Å². The van der Waals surface area contributed by atoms with Crippen LogP contribution in [0.15, 0.2) is 41.0 Å². The van der Waals surface area contributed by atoms with Crippen LogP contribution in [0.25, 0.3) is 0 Å². The lowest BCUT2D eigenvalue weighted by molar-refractivity contribution is 0.0697. The van der Waals surface area contributed by atoms with Gasteiger partial charge in [0.25, 0.3) is 0 Å². The number of aromatic carboxylic acids is 1. The predicted octanol–water partition coefficient (Wildman–Crippen LogP) is 3.00. The molecule has 0 saturated heterocycles. The monoisotopic (exact) mass is 308 g/mol. The van der Waals surface area contributed by atoms with Crippen molar-refractivity contribution in [3.63, 3.8) is 0 Å². The fourth-order valence-corrected chi connectivity index (χ4v) is 1.95. The first kappa shape index (κ1) is 14.9. The van der Waals surface area contributed by atoms with E-state index >= 15 is 0 Å². The molecular formula is C14H13ClN2O4. The summed E-state index contributed by atoms with van der Waals surface area (Å²) in [7, 11) is 0. The van der Waals surface area contributed by atoms with E-state index in [1.807, 2.05) is 6.07 Å². The quantitative estimate of drug-likeness (QED) is 0.791. The average Bonchev–Trinajstić information content (AvgIpc) is 2.91. The van der Waals surface area contributed by atoms with Crippen LogP contribution in [0, 0.1) is 0 Å². The van der Waals surface area contributed by atoms with Gasteiger partial charge in [0.15, 0.2) is 0 Å². The molecule has 1 aromatic carbocycles. The summed E-state index contributed by atoms with van der Waals surface area (Å²) in [5, 5.41) is 14.3. The van der Waals surface area contributed by atoms with E-state index in [2.05, 4.69) is 10.6 Å². The Morgan fingerprint density at radius 1 is 1.29 bits per heavy atom. The number of anilines is 1. The highest BCUT2D eigenvalue weighted by Crippen LogP contribution is 2.19. The predicted molar refractivity (Wildman–Crippen MR) is 77.8 cm³/mol. The second-order valence-electron chi connectivity index (χ2n) is 4.24. The van der Waals surface area contributed by atoms with Crippen LogP contribution in [0.1, 0.15) is 16.1 Å². The van der Waals surface area contributed by atoms with E-state index in [0.29, 0.717) is 18.7 Å².